The van der Waals surface area contributed by atoms with Crippen molar-refractivity contribution in [2.45, 2.75) is 45.3 Å². The van der Waals surface area contributed by atoms with Crippen LogP contribution in [0.3, 0.4) is 0 Å². The van der Waals surface area contributed by atoms with Gasteiger partial charge in [-0.3, -0.25) is 23.7 Å². The second kappa shape index (κ2) is 10.8. The van der Waals surface area contributed by atoms with E-state index in [0.717, 1.165) is 0 Å². The summed E-state index contributed by atoms with van der Waals surface area (Å²) in [6.07, 6.45) is 8.82. The quantitative estimate of drug-likeness (QED) is 0.354. The van der Waals surface area contributed by atoms with Gasteiger partial charge in [0.25, 0.3) is 11.1 Å². The van der Waals surface area contributed by atoms with Gasteiger partial charge in [0, 0.05) is 48.3 Å². The number of allylic oxidation sites excluding steroid dienone is 2. The summed E-state index contributed by atoms with van der Waals surface area (Å²) in [4.78, 5) is 34.9. The lowest BCUT2D eigenvalue weighted by atomic mass is 10.0. The van der Waals surface area contributed by atoms with Crippen LogP contribution in [0, 0.1) is 11.6 Å². The normalized spacial score (nSPS) is 15.1. The van der Waals surface area contributed by atoms with Crippen LogP contribution in [-0.2, 0) is 25.0 Å². The van der Waals surface area contributed by atoms with Crippen molar-refractivity contribution >= 4 is 11.6 Å². The molecule has 1 aliphatic rings. The molecule has 4 aromatic rings. The molecule has 0 bridgehead atoms. The van der Waals surface area contributed by atoms with E-state index in [-0.39, 0.29) is 23.6 Å². The highest BCUT2D eigenvalue weighted by molar-refractivity contribution is 6.31. The maximum absolute atomic E-state index is 14.3. The number of fused-ring (bicyclic) bond motifs is 3. The molecule has 206 valence electrons. The molecule has 0 atom stereocenters. The zero-order chi connectivity index (χ0) is 30.4. The van der Waals surface area contributed by atoms with Crippen LogP contribution in [0.2, 0.25) is 5.02 Å². The van der Waals surface area contributed by atoms with E-state index in [4.69, 9.17) is 19.1 Å². The molecule has 40 heavy (non-hydrogen) atoms. The van der Waals surface area contributed by atoms with E-state index >= 15 is 0 Å². The largest absolute Gasteiger partial charge is 0.485 e. The van der Waals surface area contributed by atoms with Crippen LogP contribution in [0.5, 0.6) is 5.75 Å². The minimum atomic E-state index is -2.90. The molecule has 0 unspecified atom stereocenters. The van der Waals surface area contributed by atoms with Crippen LogP contribution in [0.15, 0.2) is 70.7 Å². The minimum absolute atomic E-state index is 0.156. The molecule has 4 aromatic heterocycles. The summed E-state index contributed by atoms with van der Waals surface area (Å²) in [7, 11) is 0. The Balaban J connectivity index is 1.66. The van der Waals surface area contributed by atoms with Crippen LogP contribution in [0.4, 0.5) is 8.78 Å². The predicted molar refractivity (Wildman–Crippen MR) is 145 cm³/mol. The summed E-state index contributed by atoms with van der Waals surface area (Å²) >= 11 is 6.43. The molecule has 0 aliphatic carbocycles. The van der Waals surface area contributed by atoms with Crippen LogP contribution in [-0.4, -0.2) is 24.2 Å². The minimum Gasteiger partial charge on any atom is -0.485 e. The fraction of sp³-hybridized carbons (Fsp3) is 0.241. The first-order chi connectivity index (χ1) is 19.8. The molecule has 1 aliphatic heterocycles. The highest BCUT2D eigenvalue weighted by Gasteiger charge is 2.23. The molecule has 0 spiro atoms. The average Bonchev–Trinajstić information content (AvgIpc) is 2.99. The molecular formula is C29H25ClF2N4O4. The second-order valence-electron chi connectivity index (χ2n) is 9.68. The Morgan fingerprint density at radius 2 is 1.95 bits per heavy atom. The third-order valence-corrected chi connectivity index (χ3v) is 6.72. The number of aliphatic hydroxyl groups is 1. The number of ether oxygens (including phenoxy) is 1. The molecule has 0 saturated heterocycles. The van der Waals surface area contributed by atoms with E-state index in [1.807, 2.05) is 12.2 Å². The smallest absolute Gasteiger partial charge is 0.277 e. The number of halogens is 3. The maximum Gasteiger partial charge on any atom is 0.277 e. The molecule has 0 radical (unpaired) electrons. The monoisotopic (exact) mass is 568 g/mol. The molecule has 0 aromatic carbocycles. The van der Waals surface area contributed by atoms with Crippen molar-refractivity contribution in [1.29, 1.82) is 0 Å². The number of rotatable bonds is 5. The van der Waals surface area contributed by atoms with Crippen molar-refractivity contribution < 1.29 is 21.4 Å². The van der Waals surface area contributed by atoms with E-state index in [0.29, 0.717) is 42.0 Å². The van der Waals surface area contributed by atoms with Gasteiger partial charge < -0.3 is 9.84 Å². The van der Waals surface area contributed by atoms with Gasteiger partial charge in [0.15, 0.2) is 5.82 Å². The van der Waals surface area contributed by atoms with Gasteiger partial charge in [0.05, 0.1) is 20.2 Å². The van der Waals surface area contributed by atoms with E-state index in [9.17, 15) is 23.5 Å². The first-order valence-corrected chi connectivity index (χ1v) is 12.7. The van der Waals surface area contributed by atoms with Gasteiger partial charge in [-0.2, -0.15) is 0 Å². The van der Waals surface area contributed by atoms with Crippen LogP contribution in [0.1, 0.15) is 45.5 Å². The van der Waals surface area contributed by atoms with Gasteiger partial charge in [-0.15, -0.1) is 0 Å². The van der Waals surface area contributed by atoms with Crippen molar-refractivity contribution in [3.63, 3.8) is 0 Å². The van der Waals surface area contributed by atoms with Crippen LogP contribution in [0.25, 0.3) is 11.5 Å². The van der Waals surface area contributed by atoms with E-state index in [2.05, 4.69) is 9.97 Å². The number of aryl methyl sites for hydroxylation is 1. The summed E-state index contributed by atoms with van der Waals surface area (Å²) in [6, 6.07) is 6.53. The van der Waals surface area contributed by atoms with Gasteiger partial charge in [0.1, 0.15) is 34.7 Å². The van der Waals surface area contributed by atoms with Gasteiger partial charge in [-0.05, 0) is 44.4 Å². The summed E-state index contributed by atoms with van der Waals surface area (Å²) in [6.45, 7) is 0.0978. The SMILES string of the molecule is [2H]C([2H])(Oc1cc2n(c(=O)c1Cl)-c1cc(-n3cccc(C(C)(C)O)c3=O)ncc1CC/C=C\C2)c1ncc(F)cc1F. The lowest BCUT2D eigenvalue weighted by Gasteiger charge is -2.20. The third kappa shape index (κ3) is 5.32. The van der Waals surface area contributed by atoms with Crippen LogP contribution < -0.4 is 15.9 Å². The fourth-order valence-corrected chi connectivity index (χ4v) is 4.57. The molecule has 0 fully saturated rings. The summed E-state index contributed by atoms with van der Waals surface area (Å²) in [5.41, 5.74) is -1.87. The Hall–Kier alpha value is -4.15. The van der Waals surface area contributed by atoms with E-state index in [1.165, 1.54) is 41.3 Å². The van der Waals surface area contributed by atoms with E-state index in [1.54, 1.807) is 18.3 Å². The lowest BCUT2D eigenvalue weighted by molar-refractivity contribution is 0.0767. The third-order valence-electron chi connectivity index (χ3n) is 6.37. The topological polar surface area (TPSA) is 99.2 Å². The lowest BCUT2D eigenvalue weighted by Crippen LogP contribution is -2.31. The second-order valence-corrected chi connectivity index (χ2v) is 10.1. The molecule has 5 rings (SSSR count). The summed E-state index contributed by atoms with van der Waals surface area (Å²) < 4.78 is 52.2. The molecule has 1 N–H and O–H groups in total. The highest BCUT2D eigenvalue weighted by Crippen LogP contribution is 2.28. The number of hydrogen-bond donors (Lipinski definition) is 1. The van der Waals surface area contributed by atoms with Crippen molar-refractivity contribution in [2.24, 2.45) is 0 Å². The van der Waals surface area contributed by atoms with E-state index < -0.39 is 45.6 Å². The van der Waals surface area contributed by atoms with Gasteiger partial charge in [0.2, 0.25) is 0 Å². The van der Waals surface area contributed by atoms with Gasteiger partial charge in [-0.25, -0.2) is 13.8 Å². The number of aromatic nitrogens is 4. The Labute approximate surface area is 235 Å². The van der Waals surface area contributed by atoms with Gasteiger partial charge >= 0.3 is 0 Å². The first kappa shape index (κ1) is 24.9. The fourth-order valence-electron chi connectivity index (χ4n) is 4.39. The molecule has 0 saturated carbocycles. The van der Waals surface area contributed by atoms with Crippen molar-refractivity contribution in [1.82, 2.24) is 19.1 Å². The summed E-state index contributed by atoms with van der Waals surface area (Å²) in [5, 5.41) is 9.97. The molecule has 5 heterocycles. The van der Waals surface area contributed by atoms with Crippen molar-refractivity contribution in [3.05, 3.63) is 121 Å². The molecular weight excluding hydrogens is 542 g/mol. The summed E-state index contributed by atoms with van der Waals surface area (Å²) in [5.74, 6) is -2.42. The molecule has 11 heteroatoms. The first-order valence-electron chi connectivity index (χ1n) is 13.3. The zero-order valence-corrected chi connectivity index (χ0v) is 22.2. The predicted octanol–water partition coefficient (Wildman–Crippen LogP) is 4.56. The van der Waals surface area contributed by atoms with Crippen molar-refractivity contribution in [2.75, 3.05) is 0 Å². The number of hydrogen-bond acceptors (Lipinski definition) is 6. The van der Waals surface area contributed by atoms with Crippen LogP contribution >= 0.6 is 11.6 Å². The Morgan fingerprint density at radius 1 is 1.15 bits per heavy atom. The standard InChI is InChI=1S/C29H25ClF2N4O4/c1-29(2,39)20-9-6-10-35(27(20)37)25-13-23-17(14-34-25)7-4-3-5-8-19-12-24(26(30)28(38)36(19)23)40-16-22-21(32)11-18(31)15-33-22/h3,5-6,9-15,39H,4,7-8,16H2,1-2H3/b5-3-/i16D2. The average molecular weight is 569 g/mol. The Morgan fingerprint density at radius 3 is 2.70 bits per heavy atom. The number of nitrogens with zero attached hydrogens (tertiary/aromatic N) is 4. The number of pyridine rings is 4. The maximum atomic E-state index is 14.3. The highest BCUT2D eigenvalue weighted by atomic mass is 35.5. The van der Waals surface area contributed by atoms with Gasteiger partial charge in [-0.1, -0.05) is 23.8 Å². The molecule has 0 amide bonds. The Kier molecular flexibility index (Phi) is 6.70. The Bertz CT molecular complexity index is 1850. The zero-order valence-electron chi connectivity index (χ0n) is 23.5. The van der Waals surface area contributed by atoms with Crippen molar-refractivity contribution in [3.8, 4) is 17.3 Å². The molecule has 8 nitrogen and oxygen atoms in total.